The first-order chi connectivity index (χ1) is 5.45. The third kappa shape index (κ3) is 8.02. The molecule has 0 aliphatic heterocycles. The Morgan fingerprint density at radius 1 is 1.08 bits per heavy atom. The fourth-order valence-electron chi connectivity index (χ4n) is 1.31. The maximum absolute atomic E-state index is 2.41. The van der Waals surface area contributed by atoms with E-state index < -0.39 is 0 Å². The van der Waals surface area contributed by atoms with E-state index in [1.165, 1.54) is 32.5 Å². The van der Waals surface area contributed by atoms with E-state index in [-0.39, 0.29) is 0 Å². The van der Waals surface area contributed by atoms with E-state index in [9.17, 15) is 0 Å². The van der Waals surface area contributed by atoms with Crippen molar-refractivity contribution in [2.45, 2.75) is 19.8 Å². The van der Waals surface area contributed by atoms with Crippen molar-refractivity contribution in [1.29, 1.82) is 0 Å². The first-order valence-electron chi connectivity index (χ1n) is 4.94. The normalized spacial score (nSPS) is 12.5. The lowest BCUT2D eigenvalue weighted by Crippen LogP contribution is -2.37. The Hall–Kier alpha value is -0.0800. The molecular formula is C10H25N2+. The average Bonchev–Trinajstić information content (AvgIpc) is 1.84. The summed E-state index contributed by atoms with van der Waals surface area (Å²) in [6, 6.07) is 0. The number of hydrogen-bond acceptors (Lipinski definition) is 1. The fourth-order valence-corrected chi connectivity index (χ4v) is 1.31. The molecule has 0 saturated carbocycles. The fraction of sp³-hybridized carbons (Fsp3) is 1.00. The Morgan fingerprint density at radius 2 is 1.67 bits per heavy atom. The molecule has 0 saturated heterocycles. The van der Waals surface area contributed by atoms with Crippen LogP contribution in [0.1, 0.15) is 19.8 Å². The van der Waals surface area contributed by atoms with Crippen LogP contribution in [0.2, 0.25) is 0 Å². The summed E-state index contributed by atoms with van der Waals surface area (Å²) in [6.45, 7) is 5.98. The summed E-state index contributed by atoms with van der Waals surface area (Å²) in [4.78, 5) is 2.41. The van der Waals surface area contributed by atoms with Crippen LogP contribution in [0.15, 0.2) is 0 Å². The lowest BCUT2D eigenvalue weighted by molar-refractivity contribution is -0.870. The number of nitrogens with zero attached hydrogens (tertiary/aromatic N) is 2. The molecule has 2 nitrogen and oxygen atoms in total. The molecule has 0 spiro atoms. The smallest absolute Gasteiger partial charge is 0.0792 e. The Morgan fingerprint density at radius 3 is 2.08 bits per heavy atom. The van der Waals surface area contributed by atoms with Gasteiger partial charge in [-0.2, -0.15) is 0 Å². The van der Waals surface area contributed by atoms with Gasteiger partial charge in [-0.15, -0.1) is 0 Å². The molecule has 12 heavy (non-hydrogen) atoms. The molecule has 0 aromatic heterocycles. The second-order valence-electron chi connectivity index (χ2n) is 4.67. The molecular weight excluding hydrogens is 148 g/mol. The van der Waals surface area contributed by atoms with Crippen molar-refractivity contribution >= 4 is 0 Å². The minimum atomic E-state index is 1.08. The number of quaternary nitrogens is 1. The predicted molar refractivity (Wildman–Crippen MR) is 55.3 cm³/mol. The van der Waals surface area contributed by atoms with Crippen LogP contribution < -0.4 is 0 Å². The van der Waals surface area contributed by atoms with Gasteiger partial charge in [0.2, 0.25) is 0 Å². The van der Waals surface area contributed by atoms with Gasteiger partial charge in [-0.25, -0.2) is 0 Å². The minimum Gasteiger partial charge on any atom is -0.331 e. The molecule has 0 atom stereocenters. The van der Waals surface area contributed by atoms with Gasteiger partial charge in [0, 0.05) is 13.0 Å². The van der Waals surface area contributed by atoms with Crippen LogP contribution >= 0.6 is 0 Å². The highest BCUT2D eigenvalue weighted by Gasteiger charge is 2.06. The van der Waals surface area contributed by atoms with E-state index >= 15 is 0 Å². The van der Waals surface area contributed by atoms with Crippen molar-refractivity contribution in [3.63, 3.8) is 0 Å². The molecule has 0 radical (unpaired) electrons. The summed E-state index contributed by atoms with van der Waals surface area (Å²) in [7, 11) is 8.96. The summed E-state index contributed by atoms with van der Waals surface area (Å²) in [5, 5.41) is 0. The van der Waals surface area contributed by atoms with Crippen molar-refractivity contribution in [3.8, 4) is 0 Å². The molecule has 0 unspecified atom stereocenters. The standard InChI is InChI=1S/C10H25N2/c1-6-8-11(2)9-7-10-12(3,4)5/h6-10H2,1-5H3/q+1. The molecule has 0 fully saturated rings. The first-order valence-corrected chi connectivity index (χ1v) is 4.94. The zero-order valence-electron chi connectivity index (χ0n) is 9.43. The van der Waals surface area contributed by atoms with Gasteiger partial charge in [0.25, 0.3) is 0 Å². The summed E-state index contributed by atoms with van der Waals surface area (Å²) in [5.74, 6) is 0. The molecule has 0 bridgehead atoms. The van der Waals surface area contributed by atoms with Crippen LogP contribution in [-0.2, 0) is 0 Å². The molecule has 0 aliphatic rings. The van der Waals surface area contributed by atoms with Gasteiger partial charge >= 0.3 is 0 Å². The molecule has 0 aliphatic carbocycles. The second kappa shape index (κ2) is 5.55. The molecule has 0 rings (SSSR count). The van der Waals surface area contributed by atoms with Gasteiger partial charge < -0.3 is 9.38 Å². The van der Waals surface area contributed by atoms with E-state index in [2.05, 4.69) is 40.0 Å². The minimum absolute atomic E-state index is 1.08. The number of hydrogen-bond donors (Lipinski definition) is 0. The quantitative estimate of drug-likeness (QED) is 0.549. The van der Waals surface area contributed by atoms with E-state index in [0.29, 0.717) is 0 Å². The van der Waals surface area contributed by atoms with Crippen molar-refractivity contribution in [2.75, 3.05) is 47.8 Å². The van der Waals surface area contributed by atoms with Gasteiger partial charge in [0.1, 0.15) is 0 Å². The third-order valence-corrected chi connectivity index (χ3v) is 1.97. The van der Waals surface area contributed by atoms with Gasteiger partial charge in [-0.1, -0.05) is 6.92 Å². The predicted octanol–water partition coefficient (Wildman–Crippen LogP) is 1.42. The summed E-state index contributed by atoms with van der Waals surface area (Å²) < 4.78 is 1.08. The Balaban J connectivity index is 3.31. The number of rotatable bonds is 6. The van der Waals surface area contributed by atoms with Crippen LogP contribution in [0, 0.1) is 0 Å². The van der Waals surface area contributed by atoms with E-state index in [1.54, 1.807) is 0 Å². The van der Waals surface area contributed by atoms with Crippen LogP contribution in [0.3, 0.4) is 0 Å². The second-order valence-corrected chi connectivity index (χ2v) is 4.67. The van der Waals surface area contributed by atoms with Crippen LogP contribution in [0.5, 0.6) is 0 Å². The zero-order valence-corrected chi connectivity index (χ0v) is 9.43. The zero-order chi connectivity index (χ0) is 9.61. The third-order valence-electron chi connectivity index (χ3n) is 1.97. The highest BCUT2D eigenvalue weighted by Crippen LogP contribution is 1.95. The maximum Gasteiger partial charge on any atom is 0.0792 e. The topological polar surface area (TPSA) is 3.24 Å². The Kier molecular flexibility index (Phi) is 5.51. The van der Waals surface area contributed by atoms with Gasteiger partial charge in [-0.05, 0) is 20.0 Å². The summed E-state index contributed by atoms with van der Waals surface area (Å²) >= 11 is 0. The van der Waals surface area contributed by atoms with Crippen molar-refractivity contribution < 1.29 is 4.48 Å². The Labute approximate surface area is 77.8 Å². The lowest BCUT2D eigenvalue weighted by atomic mass is 10.3. The molecule has 0 aromatic rings. The average molecular weight is 173 g/mol. The van der Waals surface area contributed by atoms with Gasteiger partial charge in [0.05, 0.1) is 27.7 Å². The van der Waals surface area contributed by atoms with Crippen LogP contribution in [0.25, 0.3) is 0 Å². The van der Waals surface area contributed by atoms with E-state index in [0.717, 1.165) is 4.48 Å². The van der Waals surface area contributed by atoms with Gasteiger partial charge in [-0.3, -0.25) is 0 Å². The molecule has 74 valence electrons. The van der Waals surface area contributed by atoms with E-state index in [4.69, 9.17) is 0 Å². The highest BCUT2D eigenvalue weighted by molar-refractivity contribution is 4.48. The maximum atomic E-state index is 2.41. The largest absolute Gasteiger partial charge is 0.331 e. The van der Waals surface area contributed by atoms with Crippen molar-refractivity contribution in [2.24, 2.45) is 0 Å². The van der Waals surface area contributed by atoms with Crippen LogP contribution in [0.4, 0.5) is 0 Å². The molecule has 2 heteroatoms. The van der Waals surface area contributed by atoms with Crippen molar-refractivity contribution in [3.05, 3.63) is 0 Å². The molecule has 0 aromatic carbocycles. The first kappa shape index (κ1) is 11.9. The lowest BCUT2D eigenvalue weighted by Gasteiger charge is -2.25. The van der Waals surface area contributed by atoms with E-state index in [1.807, 2.05) is 0 Å². The molecule has 0 heterocycles. The van der Waals surface area contributed by atoms with Crippen LogP contribution in [-0.4, -0.2) is 57.2 Å². The van der Waals surface area contributed by atoms with Gasteiger partial charge in [0.15, 0.2) is 0 Å². The monoisotopic (exact) mass is 173 g/mol. The Bertz CT molecular complexity index is 105. The van der Waals surface area contributed by atoms with Crippen molar-refractivity contribution in [1.82, 2.24) is 4.90 Å². The summed E-state index contributed by atoms with van der Waals surface area (Å²) in [6.07, 6.45) is 2.57. The highest BCUT2D eigenvalue weighted by atomic mass is 15.3. The molecule has 0 N–H and O–H groups in total. The summed E-state index contributed by atoms with van der Waals surface area (Å²) in [5.41, 5.74) is 0. The SMILES string of the molecule is CCCN(C)CCC[N+](C)(C)C. The molecule has 0 amide bonds.